The number of nitrogens with zero attached hydrogens (tertiary/aromatic N) is 1. The molecule has 0 unspecified atom stereocenters. The third-order valence-electron chi connectivity index (χ3n) is 4.64. The number of hydrogen-bond acceptors (Lipinski definition) is 5. The number of anilines is 1. The Kier molecular flexibility index (Phi) is 7.12. The summed E-state index contributed by atoms with van der Waals surface area (Å²) in [6, 6.07) is 21.9. The maximum absolute atomic E-state index is 12.3. The SMILES string of the molecule is Cc1ccc(NC(=O)COc2ccc(/C=C3\SC(=Nc4ccccc4)NC3=O)cc2)cc1Cl. The van der Waals surface area contributed by atoms with Gasteiger partial charge in [0.25, 0.3) is 11.8 Å². The lowest BCUT2D eigenvalue weighted by atomic mass is 10.2. The molecule has 8 heteroatoms. The fourth-order valence-corrected chi connectivity index (χ4v) is 3.95. The number of nitrogens with one attached hydrogen (secondary N) is 2. The van der Waals surface area contributed by atoms with E-state index in [0.717, 1.165) is 16.8 Å². The van der Waals surface area contributed by atoms with Crippen LogP contribution in [0.3, 0.4) is 0 Å². The molecule has 1 fully saturated rings. The molecule has 0 spiro atoms. The standard InChI is InChI=1S/C25H20ClN3O3S/c1-16-7-10-19(14-21(16)26)27-23(30)15-32-20-11-8-17(9-12-20)13-22-24(31)29-25(33-22)28-18-5-3-2-4-6-18/h2-14H,15H2,1H3,(H,27,30)(H,28,29,31)/b22-13-. The minimum Gasteiger partial charge on any atom is -0.484 e. The molecule has 0 aliphatic carbocycles. The summed E-state index contributed by atoms with van der Waals surface area (Å²) in [6.45, 7) is 1.76. The lowest BCUT2D eigenvalue weighted by Gasteiger charge is -2.09. The summed E-state index contributed by atoms with van der Waals surface area (Å²) in [5, 5.41) is 6.65. The number of carbonyl (C=O) groups is 2. The Labute approximate surface area is 200 Å². The highest BCUT2D eigenvalue weighted by Crippen LogP contribution is 2.28. The van der Waals surface area contributed by atoms with Crippen LogP contribution < -0.4 is 15.4 Å². The van der Waals surface area contributed by atoms with Crippen LogP contribution in [0.2, 0.25) is 5.02 Å². The summed E-state index contributed by atoms with van der Waals surface area (Å²) >= 11 is 7.37. The Morgan fingerprint density at radius 3 is 2.61 bits per heavy atom. The zero-order chi connectivity index (χ0) is 23.2. The molecule has 1 saturated heterocycles. The molecule has 2 amide bonds. The molecule has 6 nitrogen and oxygen atoms in total. The average Bonchev–Trinajstić information content (AvgIpc) is 3.15. The van der Waals surface area contributed by atoms with Crippen molar-refractivity contribution in [2.75, 3.05) is 11.9 Å². The van der Waals surface area contributed by atoms with Gasteiger partial charge >= 0.3 is 0 Å². The monoisotopic (exact) mass is 477 g/mol. The molecule has 1 aliphatic heterocycles. The van der Waals surface area contributed by atoms with Crippen LogP contribution in [0.5, 0.6) is 5.75 Å². The summed E-state index contributed by atoms with van der Waals surface area (Å²) in [7, 11) is 0. The molecule has 2 N–H and O–H groups in total. The van der Waals surface area contributed by atoms with E-state index in [0.29, 0.717) is 26.5 Å². The van der Waals surface area contributed by atoms with Crippen molar-refractivity contribution in [3.8, 4) is 5.75 Å². The van der Waals surface area contributed by atoms with E-state index < -0.39 is 0 Å². The number of aryl methyl sites for hydroxylation is 1. The summed E-state index contributed by atoms with van der Waals surface area (Å²) in [5.74, 6) is 0.0670. The lowest BCUT2D eigenvalue weighted by Crippen LogP contribution is -2.20. The van der Waals surface area contributed by atoms with Gasteiger partial charge < -0.3 is 15.4 Å². The van der Waals surface area contributed by atoms with Crippen LogP contribution in [-0.2, 0) is 9.59 Å². The summed E-state index contributed by atoms with van der Waals surface area (Å²) in [6.07, 6.45) is 1.78. The van der Waals surface area contributed by atoms with E-state index in [9.17, 15) is 9.59 Å². The molecule has 0 atom stereocenters. The first kappa shape index (κ1) is 22.6. The Morgan fingerprint density at radius 2 is 1.88 bits per heavy atom. The number of amidine groups is 1. The molecule has 4 rings (SSSR count). The van der Waals surface area contributed by atoms with E-state index >= 15 is 0 Å². The number of carbonyl (C=O) groups excluding carboxylic acids is 2. The average molecular weight is 478 g/mol. The normalized spacial score (nSPS) is 15.5. The summed E-state index contributed by atoms with van der Waals surface area (Å²) < 4.78 is 5.55. The molecule has 0 saturated carbocycles. The maximum atomic E-state index is 12.3. The van der Waals surface area contributed by atoms with E-state index in [2.05, 4.69) is 15.6 Å². The van der Waals surface area contributed by atoms with Crippen LogP contribution in [0.15, 0.2) is 82.7 Å². The molecular weight excluding hydrogens is 458 g/mol. The Morgan fingerprint density at radius 1 is 1.12 bits per heavy atom. The molecule has 0 radical (unpaired) electrons. The van der Waals surface area contributed by atoms with Crippen molar-refractivity contribution >= 4 is 57.8 Å². The van der Waals surface area contributed by atoms with Crippen LogP contribution in [0, 0.1) is 6.92 Å². The zero-order valence-electron chi connectivity index (χ0n) is 17.7. The number of aliphatic imine (C=N–C) groups is 1. The number of amides is 2. The Balaban J connectivity index is 1.33. The second-order valence-corrected chi connectivity index (χ2v) is 8.62. The third kappa shape index (κ3) is 6.25. The van der Waals surface area contributed by atoms with Crippen molar-refractivity contribution in [2.24, 2.45) is 4.99 Å². The number of rotatable bonds is 6. The second kappa shape index (κ2) is 10.4. The van der Waals surface area contributed by atoms with Crippen molar-refractivity contribution in [1.29, 1.82) is 0 Å². The summed E-state index contributed by atoms with van der Waals surface area (Å²) in [4.78, 5) is 29.4. The number of halogens is 1. The van der Waals surface area contributed by atoms with Crippen molar-refractivity contribution in [1.82, 2.24) is 5.32 Å². The van der Waals surface area contributed by atoms with Gasteiger partial charge in [0, 0.05) is 10.7 Å². The second-order valence-electron chi connectivity index (χ2n) is 7.19. The highest BCUT2D eigenvalue weighted by atomic mass is 35.5. The molecule has 1 heterocycles. The van der Waals surface area contributed by atoms with Gasteiger partial charge in [-0.3, -0.25) is 9.59 Å². The molecule has 1 aliphatic rings. The van der Waals surface area contributed by atoms with Gasteiger partial charge in [-0.05, 0) is 72.3 Å². The first-order chi connectivity index (χ1) is 16.0. The first-order valence-corrected chi connectivity index (χ1v) is 11.3. The van der Waals surface area contributed by atoms with Gasteiger partial charge in [0.15, 0.2) is 11.8 Å². The maximum Gasteiger partial charge on any atom is 0.264 e. The number of thioether (sulfide) groups is 1. The predicted octanol–water partition coefficient (Wildman–Crippen LogP) is 5.56. The van der Waals surface area contributed by atoms with E-state index in [4.69, 9.17) is 16.3 Å². The van der Waals surface area contributed by atoms with E-state index in [1.54, 1.807) is 30.3 Å². The van der Waals surface area contributed by atoms with Gasteiger partial charge in [-0.2, -0.15) is 0 Å². The number of para-hydroxylation sites is 1. The van der Waals surface area contributed by atoms with Crippen molar-refractivity contribution in [3.63, 3.8) is 0 Å². The van der Waals surface area contributed by atoms with Crippen molar-refractivity contribution < 1.29 is 14.3 Å². The van der Waals surface area contributed by atoms with Crippen molar-refractivity contribution in [3.05, 3.63) is 93.9 Å². The number of hydrogen-bond donors (Lipinski definition) is 2. The molecule has 166 valence electrons. The van der Waals surface area contributed by atoms with Gasteiger partial charge in [0.1, 0.15) is 5.75 Å². The van der Waals surface area contributed by atoms with Crippen molar-refractivity contribution in [2.45, 2.75) is 6.92 Å². The van der Waals surface area contributed by atoms with Crippen LogP contribution in [0.25, 0.3) is 6.08 Å². The third-order valence-corrected chi connectivity index (χ3v) is 5.96. The molecular formula is C25H20ClN3O3S. The topological polar surface area (TPSA) is 79.8 Å². The van der Waals surface area contributed by atoms with Crippen LogP contribution >= 0.6 is 23.4 Å². The molecule has 3 aromatic carbocycles. The minimum absolute atomic E-state index is 0.135. The van der Waals surface area contributed by atoms with Gasteiger partial charge in [0.05, 0.1) is 10.6 Å². The highest BCUT2D eigenvalue weighted by Gasteiger charge is 2.23. The fourth-order valence-electron chi connectivity index (χ4n) is 2.93. The summed E-state index contributed by atoms with van der Waals surface area (Å²) in [5.41, 5.74) is 3.16. The Hall–Kier alpha value is -3.55. The zero-order valence-corrected chi connectivity index (χ0v) is 19.2. The van der Waals surface area contributed by atoms with Gasteiger partial charge in [-0.25, -0.2) is 4.99 Å². The van der Waals surface area contributed by atoms with Crippen LogP contribution in [-0.4, -0.2) is 23.6 Å². The lowest BCUT2D eigenvalue weighted by molar-refractivity contribution is -0.118. The Bertz CT molecular complexity index is 1240. The van der Waals surface area contributed by atoms with E-state index in [1.165, 1.54) is 11.8 Å². The van der Waals surface area contributed by atoms with Gasteiger partial charge in [-0.15, -0.1) is 0 Å². The minimum atomic E-state index is -0.287. The smallest absolute Gasteiger partial charge is 0.264 e. The van der Waals surface area contributed by atoms with E-state index in [-0.39, 0.29) is 18.4 Å². The van der Waals surface area contributed by atoms with Gasteiger partial charge in [-0.1, -0.05) is 48.0 Å². The number of ether oxygens (including phenoxy) is 1. The largest absolute Gasteiger partial charge is 0.484 e. The fraction of sp³-hybridized carbons (Fsp3) is 0.0800. The van der Waals surface area contributed by atoms with Gasteiger partial charge in [0.2, 0.25) is 0 Å². The number of benzene rings is 3. The predicted molar refractivity (Wildman–Crippen MR) is 134 cm³/mol. The molecule has 0 aromatic heterocycles. The highest BCUT2D eigenvalue weighted by molar-refractivity contribution is 8.18. The quantitative estimate of drug-likeness (QED) is 0.456. The van der Waals surface area contributed by atoms with Crippen LogP contribution in [0.4, 0.5) is 11.4 Å². The molecule has 0 bridgehead atoms. The van der Waals surface area contributed by atoms with Crippen LogP contribution in [0.1, 0.15) is 11.1 Å². The molecule has 3 aromatic rings. The van der Waals surface area contributed by atoms with E-state index in [1.807, 2.05) is 55.5 Å². The first-order valence-electron chi connectivity index (χ1n) is 10.1. The molecule has 33 heavy (non-hydrogen) atoms.